The second-order valence-electron chi connectivity index (χ2n) is 5.03. The molecule has 1 aliphatic rings. The van der Waals surface area contributed by atoms with Gasteiger partial charge in [-0.1, -0.05) is 12.1 Å². The van der Waals surface area contributed by atoms with Crippen LogP contribution in [-0.4, -0.2) is 7.11 Å². The Morgan fingerprint density at radius 3 is 2.81 bits per heavy atom. The van der Waals surface area contributed by atoms with Gasteiger partial charge in [-0.15, -0.1) is 0 Å². The summed E-state index contributed by atoms with van der Waals surface area (Å²) < 4.78 is 25.0. The van der Waals surface area contributed by atoms with E-state index in [0.717, 1.165) is 22.6 Å². The zero-order valence-electron chi connectivity index (χ0n) is 11.5. The molecule has 0 fully saturated rings. The van der Waals surface area contributed by atoms with Crippen LogP contribution in [0.2, 0.25) is 0 Å². The molecule has 0 spiro atoms. The van der Waals surface area contributed by atoms with E-state index in [0.29, 0.717) is 10.9 Å². The summed E-state index contributed by atoms with van der Waals surface area (Å²) in [4.78, 5) is 0. The van der Waals surface area contributed by atoms with Gasteiger partial charge >= 0.3 is 0 Å². The van der Waals surface area contributed by atoms with Crippen molar-refractivity contribution < 1.29 is 13.9 Å². The van der Waals surface area contributed by atoms with Crippen LogP contribution in [0.15, 0.2) is 40.9 Å². The molecular formula is C16H15BrFNO2. The number of fused-ring (bicyclic) bond motifs is 1. The van der Waals surface area contributed by atoms with E-state index < -0.39 is 0 Å². The lowest BCUT2D eigenvalue weighted by molar-refractivity contribution is 0.160. The topological polar surface area (TPSA) is 44.5 Å². The van der Waals surface area contributed by atoms with Crippen molar-refractivity contribution in [1.82, 2.24) is 0 Å². The zero-order valence-corrected chi connectivity index (χ0v) is 13.1. The molecule has 0 radical (unpaired) electrons. The van der Waals surface area contributed by atoms with Crippen molar-refractivity contribution in [2.75, 3.05) is 7.11 Å². The van der Waals surface area contributed by atoms with Crippen LogP contribution in [0.25, 0.3) is 0 Å². The first-order valence-corrected chi connectivity index (χ1v) is 7.43. The van der Waals surface area contributed by atoms with Crippen LogP contribution in [0, 0.1) is 5.82 Å². The van der Waals surface area contributed by atoms with Crippen molar-refractivity contribution in [1.29, 1.82) is 0 Å². The third-order valence-electron chi connectivity index (χ3n) is 3.67. The van der Waals surface area contributed by atoms with E-state index in [2.05, 4.69) is 15.9 Å². The van der Waals surface area contributed by atoms with Gasteiger partial charge in [0.05, 0.1) is 11.6 Å². The lowest BCUT2D eigenvalue weighted by Gasteiger charge is -2.31. The first-order chi connectivity index (χ1) is 10.1. The van der Waals surface area contributed by atoms with E-state index in [1.807, 2.05) is 18.2 Å². The smallest absolute Gasteiger partial charge is 0.137 e. The number of halogens is 2. The Kier molecular flexibility index (Phi) is 3.87. The molecule has 2 aromatic carbocycles. The largest absolute Gasteiger partial charge is 0.497 e. The molecule has 0 aromatic heterocycles. The Labute approximate surface area is 131 Å². The highest BCUT2D eigenvalue weighted by atomic mass is 79.9. The molecule has 110 valence electrons. The van der Waals surface area contributed by atoms with Gasteiger partial charge in [0.1, 0.15) is 23.4 Å². The number of nitrogens with two attached hydrogens (primary N) is 1. The van der Waals surface area contributed by atoms with Crippen molar-refractivity contribution in [3.8, 4) is 11.5 Å². The molecule has 5 heteroatoms. The Hall–Kier alpha value is -1.59. The fourth-order valence-corrected chi connectivity index (χ4v) is 2.92. The molecule has 0 amide bonds. The number of hydrogen-bond donors (Lipinski definition) is 1. The maximum Gasteiger partial charge on any atom is 0.137 e. The van der Waals surface area contributed by atoms with E-state index in [4.69, 9.17) is 15.2 Å². The van der Waals surface area contributed by atoms with Crippen molar-refractivity contribution >= 4 is 15.9 Å². The fourth-order valence-electron chi connectivity index (χ4n) is 2.53. The minimum absolute atomic E-state index is 0.117. The van der Waals surface area contributed by atoms with Crippen molar-refractivity contribution in [3.05, 3.63) is 57.8 Å². The van der Waals surface area contributed by atoms with Crippen molar-refractivity contribution in [3.63, 3.8) is 0 Å². The average Bonchev–Trinajstić information content (AvgIpc) is 2.49. The maximum absolute atomic E-state index is 13.4. The van der Waals surface area contributed by atoms with Crippen LogP contribution >= 0.6 is 15.9 Å². The average molecular weight is 352 g/mol. The maximum atomic E-state index is 13.4. The number of methoxy groups -OCH3 is 1. The molecule has 1 unspecified atom stereocenters. The molecule has 0 saturated heterocycles. The number of benzene rings is 2. The van der Waals surface area contributed by atoms with Crippen molar-refractivity contribution in [2.24, 2.45) is 5.73 Å². The quantitative estimate of drug-likeness (QED) is 0.884. The van der Waals surface area contributed by atoms with E-state index in [9.17, 15) is 4.39 Å². The van der Waals surface area contributed by atoms with Crippen LogP contribution in [0.4, 0.5) is 4.39 Å². The van der Waals surface area contributed by atoms with Gasteiger partial charge in [0.2, 0.25) is 0 Å². The normalized spacial score (nSPS) is 20.6. The number of rotatable bonds is 2. The molecule has 0 bridgehead atoms. The number of hydrogen-bond acceptors (Lipinski definition) is 3. The third kappa shape index (κ3) is 2.76. The summed E-state index contributed by atoms with van der Waals surface area (Å²) in [6.07, 6.45) is 0.453. The standard InChI is InChI=1S/C16H15BrFNO2/c1-20-10-3-4-11-14(19)8-15(21-16(11)7-10)9-2-5-13(18)12(17)6-9/h2-7,14-15H,8,19H2,1H3/t14-,15?/m0/s1. The minimum Gasteiger partial charge on any atom is -0.497 e. The van der Waals surface area contributed by atoms with Gasteiger partial charge in [-0.2, -0.15) is 0 Å². The molecule has 0 aliphatic carbocycles. The molecule has 1 heterocycles. The predicted molar refractivity (Wildman–Crippen MR) is 82.0 cm³/mol. The summed E-state index contributed by atoms with van der Waals surface area (Å²) in [5.74, 6) is 1.15. The molecule has 2 aromatic rings. The fraction of sp³-hybridized carbons (Fsp3) is 0.250. The summed E-state index contributed by atoms with van der Waals surface area (Å²) in [6, 6.07) is 10.4. The van der Waals surface area contributed by atoms with Crippen LogP contribution in [-0.2, 0) is 0 Å². The van der Waals surface area contributed by atoms with Crippen LogP contribution < -0.4 is 15.2 Å². The van der Waals surface area contributed by atoms with E-state index in [-0.39, 0.29) is 18.0 Å². The van der Waals surface area contributed by atoms with Crippen LogP contribution in [0.1, 0.15) is 29.7 Å². The second-order valence-corrected chi connectivity index (χ2v) is 5.88. The van der Waals surface area contributed by atoms with Gasteiger partial charge in [0, 0.05) is 24.1 Å². The van der Waals surface area contributed by atoms with E-state index in [1.54, 1.807) is 19.2 Å². The molecule has 3 rings (SSSR count). The Balaban J connectivity index is 1.94. The van der Waals surface area contributed by atoms with Gasteiger partial charge in [-0.3, -0.25) is 0 Å². The SMILES string of the molecule is COc1ccc2c(c1)OC(c1ccc(F)c(Br)c1)C[C@@H]2N. The third-order valence-corrected chi connectivity index (χ3v) is 4.28. The molecule has 1 aliphatic heterocycles. The van der Waals surface area contributed by atoms with Crippen LogP contribution in [0.5, 0.6) is 11.5 Å². The van der Waals surface area contributed by atoms with Crippen LogP contribution in [0.3, 0.4) is 0 Å². The van der Waals surface area contributed by atoms with E-state index in [1.165, 1.54) is 6.07 Å². The summed E-state index contributed by atoms with van der Waals surface area (Å²) in [7, 11) is 1.61. The first-order valence-electron chi connectivity index (χ1n) is 6.63. The first kappa shape index (κ1) is 14.4. The minimum atomic E-state index is -0.291. The van der Waals surface area contributed by atoms with E-state index >= 15 is 0 Å². The highest BCUT2D eigenvalue weighted by Gasteiger charge is 2.27. The lowest BCUT2D eigenvalue weighted by Crippen LogP contribution is -2.24. The lowest BCUT2D eigenvalue weighted by atomic mass is 9.93. The highest BCUT2D eigenvalue weighted by Crippen LogP contribution is 2.41. The molecule has 2 N–H and O–H groups in total. The van der Waals surface area contributed by atoms with Gasteiger partial charge in [-0.05, 0) is 39.7 Å². The molecule has 2 atom stereocenters. The summed E-state index contributed by atoms with van der Waals surface area (Å²) >= 11 is 3.20. The summed E-state index contributed by atoms with van der Waals surface area (Å²) in [5.41, 5.74) is 8.09. The summed E-state index contributed by atoms with van der Waals surface area (Å²) in [6.45, 7) is 0. The molecule has 0 saturated carbocycles. The highest BCUT2D eigenvalue weighted by molar-refractivity contribution is 9.10. The van der Waals surface area contributed by atoms with Gasteiger partial charge in [0.25, 0.3) is 0 Å². The number of ether oxygens (including phenoxy) is 2. The predicted octanol–water partition coefficient (Wildman–Crippen LogP) is 4.12. The molecule has 3 nitrogen and oxygen atoms in total. The second kappa shape index (κ2) is 5.66. The Morgan fingerprint density at radius 2 is 2.10 bits per heavy atom. The van der Waals surface area contributed by atoms with Gasteiger partial charge < -0.3 is 15.2 Å². The molecule has 21 heavy (non-hydrogen) atoms. The van der Waals surface area contributed by atoms with Gasteiger partial charge in [-0.25, -0.2) is 4.39 Å². The van der Waals surface area contributed by atoms with Gasteiger partial charge in [0.15, 0.2) is 0 Å². The summed E-state index contributed by atoms with van der Waals surface area (Å²) in [5, 5.41) is 0. The Bertz CT molecular complexity index is 677. The molecular weight excluding hydrogens is 337 g/mol. The Morgan fingerprint density at radius 1 is 1.29 bits per heavy atom. The van der Waals surface area contributed by atoms with Crippen molar-refractivity contribution in [2.45, 2.75) is 18.6 Å². The monoisotopic (exact) mass is 351 g/mol. The zero-order chi connectivity index (χ0) is 15.0.